The van der Waals surface area contributed by atoms with Crippen LogP contribution in [0.25, 0.3) is 10.2 Å². The highest BCUT2D eigenvalue weighted by atomic mass is 32.1. The first-order chi connectivity index (χ1) is 8.69. The molecule has 94 valence electrons. The van der Waals surface area contributed by atoms with E-state index in [2.05, 4.69) is 4.99 Å². The maximum absolute atomic E-state index is 11.4. The van der Waals surface area contributed by atoms with Crippen molar-refractivity contribution in [2.24, 2.45) is 12.0 Å². The van der Waals surface area contributed by atoms with Crippen LogP contribution in [0.2, 0.25) is 0 Å². The van der Waals surface area contributed by atoms with Crippen LogP contribution in [0.4, 0.5) is 0 Å². The zero-order valence-corrected chi connectivity index (χ0v) is 10.9. The number of amides is 1. The highest BCUT2D eigenvalue weighted by molar-refractivity contribution is 7.16. The van der Waals surface area contributed by atoms with Crippen LogP contribution in [0.5, 0.6) is 11.5 Å². The van der Waals surface area contributed by atoms with Crippen molar-refractivity contribution in [3.05, 3.63) is 16.9 Å². The molecule has 1 aliphatic rings. The second kappa shape index (κ2) is 4.13. The summed E-state index contributed by atoms with van der Waals surface area (Å²) < 4.78 is 13.6. The van der Waals surface area contributed by atoms with Crippen molar-refractivity contribution in [3.63, 3.8) is 0 Å². The van der Waals surface area contributed by atoms with Crippen LogP contribution < -0.4 is 14.3 Å². The normalized spacial score (nSPS) is 14.4. The van der Waals surface area contributed by atoms with Gasteiger partial charge in [-0.3, -0.25) is 4.79 Å². The van der Waals surface area contributed by atoms with Gasteiger partial charge in [0.15, 0.2) is 16.3 Å². The summed E-state index contributed by atoms with van der Waals surface area (Å²) in [6.45, 7) is 2.07. The minimum absolute atomic E-state index is 0.114. The Morgan fingerprint density at radius 3 is 2.89 bits per heavy atom. The van der Waals surface area contributed by atoms with Gasteiger partial charge in [-0.1, -0.05) is 18.3 Å². The van der Waals surface area contributed by atoms with Crippen molar-refractivity contribution in [2.45, 2.75) is 13.3 Å². The van der Waals surface area contributed by atoms with E-state index in [0.717, 1.165) is 21.7 Å². The van der Waals surface area contributed by atoms with Crippen molar-refractivity contribution >= 4 is 27.5 Å². The largest absolute Gasteiger partial charge is 0.454 e. The molecule has 0 unspecified atom stereocenters. The zero-order chi connectivity index (χ0) is 12.7. The Morgan fingerprint density at radius 1 is 1.44 bits per heavy atom. The number of aromatic nitrogens is 1. The molecule has 0 N–H and O–H groups in total. The molecule has 2 heterocycles. The van der Waals surface area contributed by atoms with Crippen molar-refractivity contribution < 1.29 is 14.3 Å². The number of nitrogens with zero attached hydrogens (tertiary/aromatic N) is 2. The molecule has 0 radical (unpaired) electrons. The van der Waals surface area contributed by atoms with Gasteiger partial charge in [0.2, 0.25) is 12.7 Å². The Balaban J connectivity index is 2.23. The number of hydrogen-bond donors (Lipinski definition) is 0. The fourth-order valence-electron chi connectivity index (χ4n) is 1.81. The van der Waals surface area contributed by atoms with Gasteiger partial charge in [-0.25, -0.2) is 0 Å². The van der Waals surface area contributed by atoms with Crippen LogP contribution in [-0.4, -0.2) is 17.3 Å². The van der Waals surface area contributed by atoms with E-state index in [-0.39, 0.29) is 12.7 Å². The molecular formula is C12H12N2O3S. The van der Waals surface area contributed by atoms with Crippen LogP contribution in [0.3, 0.4) is 0 Å². The van der Waals surface area contributed by atoms with Crippen LogP contribution in [0, 0.1) is 0 Å². The summed E-state index contributed by atoms with van der Waals surface area (Å²) in [6.07, 6.45) is 0.414. The predicted molar refractivity (Wildman–Crippen MR) is 67.8 cm³/mol. The lowest BCUT2D eigenvalue weighted by Crippen LogP contribution is -2.12. The van der Waals surface area contributed by atoms with E-state index in [4.69, 9.17) is 9.47 Å². The molecular weight excluding hydrogens is 252 g/mol. The Morgan fingerprint density at radius 2 is 2.17 bits per heavy atom. The van der Waals surface area contributed by atoms with Gasteiger partial charge < -0.3 is 14.0 Å². The number of rotatable bonds is 1. The third-order valence-corrected chi connectivity index (χ3v) is 3.92. The van der Waals surface area contributed by atoms with Crippen LogP contribution in [0.15, 0.2) is 17.1 Å². The Bertz CT molecular complexity index is 699. The fraction of sp³-hybridized carbons (Fsp3) is 0.333. The molecule has 1 aromatic carbocycles. The van der Waals surface area contributed by atoms with Crippen molar-refractivity contribution in [2.75, 3.05) is 6.79 Å². The molecule has 1 amide bonds. The molecule has 0 bridgehead atoms. The van der Waals surface area contributed by atoms with Crippen LogP contribution in [0.1, 0.15) is 13.3 Å². The van der Waals surface area contributed by atoms with Crippen LogP contribution in [-0.2, 0) is 11.8 Å². The average molecular weight is 264 g/mol. The topological polar surface area (TPSA) is 52.8 Å². The molecule has 3 rings (SSSR count). The first-order valence-corrected chi connectivity index (χ1v) is 6.47. The number of ether oxygens (including phenoxy) is 2. The molecule has 0 fully saturated rings. The van der Waals surface area contributed by atoms with Gasteiger partial charge in [-0.05, 0) is 0 Å². The summed E-state index contributed by atoms with van der Waals surface area (Å²) in [4.78, 5) is 16.2. The standard InChI is InChI=1S/C12H12N2O3S/c1-3-11(15)13-12-14(2)7-4-8-9(17-6-16-8)5-10(7)18-12/h4-5H,3,6H2,1-2H3. The maximum Gasteiger partial charge on any atom is 0.248 e. The summed E-state index contributed by atoms with van der Waals surface area (Å²) >= 11 is 1.47. The maximum atomic E-state index is 11.4. The predicted octanol–water partition coefficient (Wildman–Crippen LogP) is 1.81. The van der Waals surface area contributed by atoms with E-state index in [9.17, 15) is 4.79 Å². The van der Waals surface area contributed by atoms with E-state index >= 15 is 0 Å². The Hall–Kier alpha value is -1.82. The fourth-order valence-corrected chi connectivity index (χ4v) is 2.86. The highest BCUT2D eigenvalue weighted by Crippen LogP contribution is 2.36. The Labute approximate surface area is 107 Å². The quantitative estimate of drug-likeness (QED) is 0.789. The number of benzene rings is 1. The van der Waals surface area contributed by atoms with E-state index in [1.165, 1.54) is 11.3 Å². The van der Waals surface area contributed by atoms with Gasteiger partial charge in [0.25, 0.3) is 0 Å². The van der Waals surface area contributed by atoms with E-state index in [1.54, 1.807) is 6.92 Å². The smallest absolute Gasteiger partial charge is 0.248 e. The number of carbonyl (C=O) groups is 1. The number of fused-ring (bicyclic) bond motifs is 2. The van der Waals surface area contributed by atoms with Crippen molar-refractivity contribution in [1.82, 2.24) is 4.57 Å². The van der Waals surface area contributed by atoms with Crippen LogP contribution >= 0.6 is 11.3 Å². The molecule has 1 aromatic heterocycles. The highest BCUT2D eigenvalue weighted by Gasteiger charge is 2.16. The third-order valence-electron chi connectivity index (χ3n) is 2.83. The molecule has 0 saturated heterocycles. The Kier molecular flexibility index (Phi) is 2.59. The van der Waals surface area contributed by atoms with Crippen molar-refractivity contribution in [1.29, 1.82) is 0 Å². The molecule has 0 aliphatic carbocycles. The second-order valence-electron chi connectivity index (χ2n) is 3.98. The van der Waals surface area contributed by atoms with Gasteiger partial charge in [-0.2, -0.15) is 4.99 Å². The number of aryl methyl sites for hydroxylation is 1. The molecule has 6 heteroatoms. The molecule has 18 heavy (non-hydrogen) atoms. The second-order valence-corrected chi connectivity index (χ2v) is 4.99. The van der Waals surface area contributed by atoms with Gasteiger partial charge >= 0.3 is 0 Å². The average Bonchev–Trinajstić information content (AvgIpc) is 2.93. The first-order valence-electron chi connectivity index (χ1n) is 5.65. The number of carbonyl (C=O) groups excluding carboxylic acids is 1. The minimum Gasteiger partial charge on any atom is -0.454 e. The molecule has 0 saturated carbocycles. The molecule has 1 aliphatic heterocycles. The first kappa shape index (κ1) is 11.3. The monoisotopic (exact) mass is 264 g/mol. The number of hydrogen-bond acceptors (Lipinski definition) is 4. The minimum atomic E-state index is -0.114. The van der Waals surface area contributed by atoms with Gasteiger partial charge in [0.1, 0.15) is 0 Å². The lowest BCUT2D eigenvalue weighted by atomic mass is 10.3. The van der Waals surface area contributed by atoms with Crippen molar-refractivity contribution in [3.8, 4) is 11.5 Å². The van der Waals surface area contributed by atoms with Gasteiger partial charge in [0.05, 0.1) is 10.2 Å². The summed E-state index contributed by atoms with van der Waals surface area (Å²) in [5.41, 5.74) is 0.993. The summed E-state index contributed by atoms with van der Waals surface area (Å²) in [6, 6.07) is 3.85. The molecule has 0 spiro atoms. The third kappa shape index (κ3) is 1.69. The molecule has 5 nitrogen and oxygen atoms in total. The van der Waals surface area contributed by atoms with E-state index in [0.29, 0.717) is 11.2 Å². The summed E-state index contributed by atoms with van der Waals surface area (Å²) in [7, 11) is 1.89. The SMILES string of the molecule is CCC(=O)N=c1sc2cc3c(cc2n1C)OCO3. The summed E-state index contributed by atoms with van der Waals surface area (Å²) in [5.74, 6) is 1.37. The lowest BCUT2D eigenvalue weighted by Gasteiger charge is -1.97. The zero-order valence-electron chi connectivity index (χ0n) is 10.1. The van der Waals surface area contributed by atoms with Gasteiger partial charge in [0, 0.05) is 25.6 Å². The number of thiazole rings is 1. The summed E-state index contributed by atoms with van der Waals surface area (Å²) in [5, 5.41) is 0. The molecule has 2 aromatic rings. The van der Waals surface area contributed by atoms with E-state index in [1.807, 2.05) is 23.7 Å². The van der Waals surface area contributed by atoms with E-state index < -0.39 is 0 Å². The molecule has 0 atom stereocenters. The van der Waals surface area contributed by atoms with Gasteiger partial charge in [-0.15, -0.1) is 0 Å². The lowest BCUT2D eigenvalue weighted by molar-refractivity contribution is -0.117.